The normalized spacial score (nSPS) is 29.2. The third-order valence-corrected chi connectivity index (χ3v) is 5.50. The molecule has 2 aliphatic rings. The molecule has 0 saturated carbocycles. The van der Waals surface area contributed by atoms with Gasteiger partial charge in [-0.3, -0.25) is 4.90 Å². The summed E-state index contributed by atoms with van der Waals surface area (Å²) in [6.45, 7) is 3.07. The molecule has 1 fully saturated rings. The molecule has 0 aliphatic carbocycles. The third-order valence-electron chi connectivity index (χ3n) is 4.26. The maximum absolute atomic E-state index is 6.06. The second-order valence-electron chi connectivity index (χ2n) is 5.17. The van der Waals surface area contributed by atoms with Crippen LogP contribution in [0.5, 0.6) is 0 Å². The lowest BCUT2D eigenvalue weighted by Gasteiger charge is -2.43. The summed E-state index contributed by atoms with van der Waals surface area (Å²) in [5, 5.41) is 0. The van der Waals surface area contributed by atoms with Gasteiger partial charge in [-0.05, 0) is 29.7 Å². The molecule has 1 unspecified atom stereocenters. The largest absolute Gasteiger partial charge is 0.329 e. The van der Waals surface area contributed by atoms with Crippen molar-refractivity contribution >= 4 is 11.8 Å². The smallest absolute Gasteiger partial charge is 0.0433 e. The van der Waals surface area contributed by atoms with E-state index in [2.05, 4.69) is 40.9 Å². The van der Waals surface area contributed by atoms with Crippen LogP contribution in [0.1, 0.15) is 17.5 Å². The summed E-state index contributed by atoms with van der Waals surface area (Å²) in [6, 6.07) is 8.85. The van der Waals surface area contributed by atoms with E-state index in [1.807, 2.05) is 0 Å². The summed E-state index contributed by atoms with van der Waals surface area (Å²) in [7, 11) is 0. The Labute approximate surface area is 108 Å². The highest BCUT2D eigenvalue weighted by Crippen LogP contribution is 2.35. The number of nitrogens with zero attached hydrogens (tertiary/aromatic N) is 1. The lowest BCUT2D eigenvalue weighted by molar-refractivity contribution is 0.101. The summed E-state index contributed by atoms with van der Waals surface area (Å²) in [5.41, 5.74) is 9.37. The molecular weight excluding hydrogens is 228 g/mol. The Morgan fingerprint density at radius 2 is 2.12 bits per heavy atom. The van der Waals surface area contributed by atoms with Crippen LogP contribution in [0.25, 0.3) is 0 Å². The Morgan fingerprint density at radius 1 is 1.29 bits per heavy atom. The van der Waals surface area contributed by atoms with E-state index in [9.17, 15) is 0 Å². The molecule has 3 rings (SSSR count). The van der Waals surface area contributed by atoms with Gasteiger partial charge >= 0.3 is 0 Å². The topological polar surface area (TPSA) is 29.3 Å². The van der Waals surface area contributed by atoms with E-state index in [0.29, 0.717) is 0 Å². The molecule has 2 aliphatic heterocycles. The van der Waals surface area contributed by atoms with E-state index in [4.69, 9.17) is 5.73 Å². The standard InChI is InChI=1S/C14H20N2S/c15-10-14(6-8-17-11-14)16-7-5-12-3-1-2-4-13(12)9-16/h1-4H,5-11,15H2. The maximum atomic E-state index is 6.06. The van der Waals surface area contributed by atoms with Gasteiger partial charge in [0, 0.05) is 30.9 Å². The maximum Gasteiger partial charge on any atom is 0.0433 e. The van der Waals surface area contributed by atoms with Crippen LogP contribution in [0.2, 0.25) is 0 Å². The van der Waals surface area contributed by atoms with Crippen molar-refractivity contribution in [2.75, 3.05) is 24.6 Å². The van der Waals surface area contributed by atoms with Crippen molar-refractivity contribution in [2.24, 2.45) is 5.73 Å². The van der Waals surface area contributed by atoms with Gasteiger partial charge in [0.15, 0.2) is 0 Å². The van der Waals surface area contributed by atoms with Crippen molar-refractivity contribution in [3.8, 4) is 0 Å². The Hall–Kier alpha value is -0.510. The minimum Gasteiger partial charge on any atom is -0.329 e. The van der Waals surface area contributed by atoms with E-state index >= 15 is 0 Å². The second kappa shape index (κ2) is 4.63. The van der Waals surface area contributed by atoms with Crippen molar-refractivity contribution in [3.63, 3.8) is 0 Å². The zero-order valence-corrected chi connectivity index (χ0v) is 11.0. The highest BCUT2D eigenvalue weighted by Gasteiger charge is 2.39. The number of hydrogen-bond donors (Lipinski definition) is 1. The monoisotopic (exact) mass is 248 g/mol. The molecule has 1 aromatic rings. The third kappa shape index (κ3) is 2.01. The van der Waals surface area contributed by atoms with E-state index in [1.165, 1.54) is 42.0 Å². The highest BCUT2D eigenvalue weighted by molar-refractivity contribution is 7.99. The fourth-order valence-corrected chi connectivity index (χ4v) is 4.53. The number of nitrogens with two attached hydrogens (primary N) is 1. The molecule has 0 radical (unpaired) electrons. The number of fused-ring (bicyclic) bond motifs is 1. The summed E-state index contributed by atoms with van der Waals surface area (Å²) in [6.07, 6.45) is 2.44. The minimum absolute atomic E-state index is 0.276. The fraction of sp³-hybridized carbons (Fsp3) is 0.571. The van der Waals surface area contributed by atoms with Gasteiger partial charge in [0.05, 0.1) is 0 Å². The predicted octanol–water partition coefficient (Wildman–Crippen LogP) is 1.88. The predicted molar refractivity (Wildman–Crippen MR) is 74.3 cm³/mol. The lowest BCUT2D eigenvalue weighted by atomic mass is 9.91. The average Bonchev–Trinajstić information content (AvgIpc) is 2.88. The number of thioether (sulfide) groups is 1. The number of benzene rings is 1. The molecule has 0 aromatic heterocycles. The van der Waals surface area contributed by atoms with Crippen LogP contribution < -0.4 is 5.73 Å². The molecule has 1 saturated heterocycles. The van der Waals surface area contributed by atoms with Gasteiger partial charge in [0.25, 0.3) is 0 Å². The van der Waals surface area contributed by atoms with Gasteiger partial charge in [-0.2, -0.15) is 11.8 Å². The zero-order chi connectivity index (χ0) is 11.7. The van der Waals surface area contributed by atoms with Crippen LogP contribution in [0, 0.1) is 0 Å². The van der Waals surface area contributed by atoms with Crippen LogP contribution in [0.4, 0.5) is 0 Å². The summed E-state index contributed by atoms with van der Waals surface area (Å²) in [5.74, 6) is 2.49. The van der Waals surface area contributed by atoms with Crippen LogP contribution in [-0.2, 0) is 13.0 Å². The highest BCUT2D eigenvalue weighted by atomic mass is 32.2. The van der Waals surface area contributed by atoms with Crippen LogP contribution in [0.3, 0.4) is 0 Å². The van der Waals surface area contributed by atoms with Gasteiger partial charge in [0.2, 0.25) is 0 Å². The Morgan fingerprint density at radius 3 is 2.82 bits per heavy atom. The van der Waals surface area contributed by atoms with E-state index in [0.717, 1.165) is 13.1 Å². The molecule has 2 nitrogen and oxygen atoms in total. The molecule has 0 bridgehead atoms. The molecule has 3 heteroatoms. The molecule has 0 spiro atoms. The zero-order valence-electron chi connectivity index (χ0n) is 10.2. The van der Waals surface area contributed by atoms with E-state index < -0.39 is 0 Å². The van der Waals surface area contributed by atoms with Crippen LogP contribution in [0.15, 0.2) is 24.3 Å². The average molecular weight is 248 g/mol. The van der Waals surface area contributed by atoms with Gasteiger partial charge in [-0.1, -0.05) is 24.3 Å². The van der Waals surface area contributed by atoms with Gasteiger partial charge in [-0.15, -0.1) is 0 Å². The van der Waals surface area contributed by atoms with Crippen LogP contribution in [-0.4, -0.2) is 35.0 Å². The van der Waals surface area contributed by atoms with Crippen molar-refractivity contribution < 1.29 is 0 Å². The summed E-state index contributed by atoms with van der Waals surface area (Å²) in [4.78, 5) is 2.63. The quantitative estimate of drug-likeness (QED) is 0.866. The fourth-order valence-electron chi connectivity index (χ4n) is 3.04. The van der Waals surface area contributed by atoms with Crippen LogP contribution >= 0.6 is 11.8 Å². The number of rotatable bonds is 2. The minimum atomic E-state index is 0.276. The SMILES string of the molecule is NCC1(N2CCc3ccccc3C2)CCSC1. The molecule has 17 heavy (non-hydrogen) atoms. The Kier molecular flexibility index (Phi) is 3.16. The van der Waals surface area contributed by atoms with Gasteiger partial charge < -0.3 is 5.73 Å². The number of hydrogen-bond acceptors (Lipinski definition) is 3. The molecule has 1 atom stereocenters. The van der Waals surface area contributed by atoms with E-state index in [1.54, 1.807) is 0 Å². The first-order valence-corrected chi connectivity index (χ1v) is 7.59. The van der Waals surface area contributed by atoms with Crippen molar-refractivity contribution in [1.29, 1.82) is 0 Å². The molecule has 2 heterocycles. The second-order valence-corrected chi connectivity index (χ2v) is 6.28. The molecule has 1 aromatic carbocycles. The first-order chi connectivity index (χ1) is 8.34. The molecule has 0 amide bonds. The van der Waals surface area contributed by atoms with Crippen molar-refractivity contribution in [1.82, 2.24) is 4.90 Å². The van der Waals surface area contributed by atoms with Crippen molar-refractivity contribution in [3.05, 3.63) is 35.4 Å². The van der Waals surface area contributed by atoms with Gasteiger partial charge in [-0.25, -0.2) is 0 Å². The molecule has 2 N–H and O–H groups in total. The Balaban J connectivity index is 1.83. The first kappa shape index (κ1) is 11.6. The molecule has 92 valence electrons. The van der Waals surface area contributed by atoms with Crippen molar-refractivity contribution in [2.45, 2.75) is 24.9 Å². The first-order valence-electron chi connectivity index (χ1n) is 6.44. The Bertz CT molecular complexity index is 399. The lowest BCUT2D eigenvalue weighted by Crippen LogP contribution is -2.55. The summed E-state index contributed by atoms with van der Waals surface area (Å²) >= 11 is 2.06. The molecular formula is C14H20N2S. The van der Waals surface area contributed by atoms with E-state index in [-0.39, 0.29) is 5.54 Å². The summed E-state index contributed by atoms with van der Waals surface area (Å²) < 4.78 is 0. The van der Waals surface area contributed by atoms with Gasteiger partial charge in [0.1, 0.15) is 0 Å².